The van der Waals surface area contributed by atoms with Gasteiger partial charge in [0.1, 0.15) is 11.5 Å². The molecule has 0 aliphatic rings. The predicted octanol–water partition coefficient (Wildman–Crippen LogP) is 2.03. The second kappa shape index (κ2) is 10.8. The molecule has 0 saturated heterocycles. The van der Waals surface area contributed by atoms with Crippen molar-refractivity contribution in [3.05, 3.63) is 18.2 Å². The molecule has 0 unspecified atom stereocenters. The van der Waals surface area contributed by atoms with E-state index >= 15 is 0 Å². The van der Waals surface area contributed by atoms with Crippen LogP contribution in [0, 0.1) is 0 Å². The summed E-state index contributed by atoms with van der Waals surface area (Å²) in [7, 11) is 1.21. The monoisotopic (exact) mass is 435 g/mol. The lowest BCUT2D eigenvalue weighted by Crippen LogP contribution is -2.30. The van der Waals surface area contributed by atoms with Crippen LogP contribution in [0.3, 0.4) is 0 Å². The number of Topliss-reactive ketones (excluding diaryl/α,β-unsaturated/α-hetero) is 1. The number of nitrogens with zero attached hydrogens (tertiary/aromatic N) is 3. The summed E-state index contributed by atoms with van der Waals surface area (Å²) in [5.74, 6) is 0.193. The van der Waals surface area contributed by atoms with Crippen LogP contribution in [0.1, 0.15) is 20.3 Å². The number of phenols is 1. The van der Waals surface area contributed by atoms with Gasteiger partial charge in [-0.15, -0.1) is 0 Å². The summed E-state index contributed by atoms with van der Waals surface area (Å²) in [4.78, 5) is 46.1. The molecule has 0 bridgehead atoms. The van der Waals surface area contributed by atoms with Crippen molar-refractivity contribution in [3.8, 4) is 5.75 Å². The van der Waals surface area contributed by atoms with Crippen molar-refractivity contribution in [2.24, 2.45) is 0 Å². The molecule has 0 atom stereocenters. The maximum absolute atomic E-state index is 11.3. The van der Waals surface area contributed by atoms with E-state index in [1.165, 1.54) is 44.9 Å². The number of nitrogens with one attached hydrogen (secondary N) is 4. The topological polar surface area (TPSA) is 167 Å². The number of methoxy groups -OCH3 is 1. The third-order valence-corrected chi connectivity index (χ3v) is 4.18. The number of ketones is 1. The molecular weight excluding hydrogens is 414 g/mol. The lowest BCUT2D eigenvalue weighted by atomic mass is 10.2. The fraction of sp³-hybridized carbons (Fsp3) is 0.294. The van der Waals surface area contributed by atoms with E-state index < -0.39 is 6.09 Å². The first-order chi connectivity index (χ1) is 14.3. The minimum absolute atomic E-state index is 0.0299. The molecule has 160 valence electrons. The average molecular weight is 435 g/mol. The van der Waals surface area contributed by atoms with Gasteiger partial charge in [-0.05, 0) is 19.1 Å². The van der Waals surface area contributed by atoms with E-state index in [4.69, 9.17) is 0 Å². The van der Waals surface area contributed by atoms with Crippen molar-refractivity contribution in [2.45, 2.75) is 25.4 Å². The van der Waals surface area contributed by atoms with Crippen molar-refractivity contribution in [2.75, 3.05) is 28.9 Å². The summed E-state index contributed by atoms with van der Waals surface area (Å²) in [6.45, 7) is 2.82. The fourth-order valence-corrected chi connectivity index (χ4v) is 2.88. The fourth-order valence-electron chi connectivity index (χ4n) is 2.01. The maximum Gasteiger partial charge on any atom is 0.425 e. The number of aromatic hydroxyl groups is 1. The van der Waals surface area contributed by atoms with Gasteiger partial charge in [-0.3, -0.25) is 15.0 Å². The lowest BCUT2D eigenvalue weighted by Gasteiger charge is -2.11. The van der Waals surface area contributed by atoms with Gasteiger partial charge in [0, 0.05) is 30.9 Å². The molecule has 30 heavy (non-hydrogen) atoms. The highest BCUT2D eigenvalue weighted by Crippen LogP contribution is 2.28. The Morgan fingerprint density at radius 3 is 2.50 bits per heavy atom. The molecule has 2 amide bonds. The lowest BCUT2D eigenvalue weighted by molar-refractivity contribution is -0.116. The van der Waals surface area contributed by atoms with Crippen LogP contribution in [0.25, 0.3) is 0 Å². The molecule has 5 N–H and O–H groups in total. The van der Waals surface area contributed by atoms with Gasteiger partial charge in [0.2, 0.25) is 17.8 Å². The highest BCUT2D eigenvalue weighted by molar-refractivity contribution is 7.99. The Balaban J connectivity index is 2.21. The van der Waals surface area contributed by atoms with Gasteiger partial charge in [0.15, 0.2) is 5.16 Å². The molecule has 1 aromatic heterocycles. The highest BCUT2D eigenvalue weighted by atomic mass is 32.2. The molecule has 1 aromatic carbocycles. The van der Waals surface area contributed by atoms with Gasteiger partial charge < -0.3 is 20.5 Å². The second-order valence-corrected chi connectivity index (χ2v) is 6.91. The highest BCUT2D eigenvalue weighted by Gasteiger charge is 2.11. The first-order valence-corrected chi connectivity index (χ1v) is 9.61. The molecule has 13 heteroatoms. The summed E-state index contributed by atoms with van der Waals surface area (Å²) in [5.41, 5.74) is 5.44. The zero-order chi connectivity index (χ0) is 22.1. The number of benzene rings is 1. The van der Waals surface area contributed by atoms with E-state index in [1.54, 1.807) is 6.07 Å². The van der Waals surface area contributed by atoms with E-state index in [0.717, 1.165) is 0 Å². The number of anilines is 4. The number of thioether (sulfide) groups is 1. The van der Waals surface area contributed by atoms with Crippen LogP contribution < -0.4 is 21.5 Å². The number of aromatic nitrogens is 3. The van der Waals surface area contributed by atoms with Crippen molar-refractivity contribution < 1.29 is 24.2 Å². The van der Waals surface area contributed by atoms with Crippen LogP contribution in [0.5, 0.6) is 5.75 Å². The Morgan fingerprint density at radius 1 is 1.13 bits per heavy atom. The van der Waals surface area contributed by atoms with Crippen LogP contribution in [-0.2, 0) is 14.3 Å². The summed E-state index contributed by atoms with van der Waals surface area (Å²) < 4.78 is 4.47. The summed E-state index contributed by atoms with van der Waals surface area (Å²) >= 11 is 1.24. The Morgan fingerprint density at radius 2 is 1.87 bits per heavy atom. The zero-order valence-electron chi connectivity index (χ0n) is 16.5. The number of hydrogen-bond donors (Lipinski definition) is 5. The number of amides is 2. The molecular formula is C17H21N7O5S. The van der Waals surface area contributed by atoms with Crippen LogP contribution in [-0.4, -0.2) is 50.7 Å². The number of ether oxygens (including phenoxy) is 1. The first-order valence-electron chi connectivity index (χ1n) is 8.62. The summed E-state index contributed by atoms with van der Waals surface area (Å²) in [6.07, 6.45) is -0.394. The molecule has 2 aromatic rings. The van der Waals surface area contributed by atoms with Gasteiger partial charge in [0.05, 0.1) is 12.8 Å². The molecule has 12 nitrogen and oxygen atoms in total. The van der Waals surface area contributed by atoms with Crippen LogP contribution in [0.2, 0.25) is 0 Å². The molecule has 0 spiro atoms. The SMILES string of the molecule is COC(=O)NNc1nc(Nc2ccc(NC(C)=O)c(O)c2)nc(SCCC(C)=O)n1. The quantitative estimate of drug-likeness (QED) is 0.222. The standard InChI is InChI=1S/C17H21N7O5S/c1-9(25)6-7-30-16-21-14(20-15(22-16)23-24-17(28)29-3)19-11-4-5-12(13(27)8-11)18-10(2)26/h4-5,8,27H,6-7H2,1-3H3,(H,18,26)(H,24,28)(H2,19,20,21,22,23). The summed E-state index contributed by atoms with van der Waals surface area (Å²) in [6, 6.07) is 4.51. The van der Waals surface area contributed by atoms with Crippen molar-refractivity contribution in [1.82, 2.24) is 20.4 Å². The van der Waals surface area contributed by atoms with E-state index in [1.807, 2.05) is 0 Å². The van der Waals surface area contributed by atoms with E-state index in [2.05, 4.69) is 41.2 Å². The number of carbonyl (C=O) groups excluding carboxylic acids is 3. The minimum atomic E-state index is -0.741. The number of carbonyl (C=O) groups is 3. The van der Waals surface area contributed by atoms with Gasteiger partial charge in [-0.1, -0.05) is 11.8 Å². The third kappa shape index (κ3) is 7.43. The largest absolute Gasteiger partial charge is 0.506 e. The molecule has 0 aliphatic carbocycles. The van der Waals surface area contributed by atoms with Crippen LogP contribution in [0.4, 0.5) is 28.1 Å². The summed E-state index contributed by atoms with van der Waals surface area (Å²) in [5, 5.41) is 15.8. The van der Waals surface area contributed by atoms with E-state index in [-0.39, 0.29) is 35.0 Å². The number of phenolic OH excluding ortho intramolecular Hbond substituents is 1. The predicted molar refractivity (Wildman–Crippen MR) is 111 cm³/mol. The van der Waals surface area contributed by atoms with Gasteiger partial charge in [0.25, 0.3) is 0 Å². The van der Waals surface area contributed by atoms with Gasteiger partial charge in [-0.25, -0.2) is 10.2 Å². The Hall–Kier alpha value is -3.61. The molecule has 0 saturated carbocycles. The van der Waals surface area contributed by atoms with E-state index in [0.29, 0.717) is 23.0 Å². The average Bonchev–Trinajstić information content (AvgIpc) is 2.67. The molecule has 2 rings (SSSR count). The van der Waals surface area contributed by atoms with Crippen LogP contribution in [0.15, 0.2) is 23.4 Å². The minimum Gasteiger partial charge on any atom is -0.506 e. The second-order valence-electron chi connectivity index (χ2n) is 5.85. The Bertz CT molecular complexity index is 941. The van der Waals surface area contributed by atoms with Crippen molar-refractivity contribution >= 4 is 52.8 Å². The smallest absolute Gasteiger partial charge is 0.425 e. The maximum atomic E-state index is 11.3. The number of hydrogen-bond acceptors (Lipinski definition) is 11. The molecule has 0 fully saturated rings. The first kappa shape index (κ1) is 22.7. The van der Waals surface area contributed by atoms with Gasteiger partial charge >= 0.3 is 6.09 Å². The number of rotatable bonds is 9. The molecule has 1 heterocycles. The normalized spacial score (nSPS) is 10.1. The Kier molecular flexibility index (Phi) is 8.17. The van der Waals surface area contributed by atoms with Gasteiger partial charge in [-0.2, -0.15) is 15.0 Å². The number of hydrazine groups is 1. The molecule has 0 radical (unpaired) electrons. The van der Waals surface area contributed by atoms with Crippen molar-refractivity contribution in [3.63, 3.8) is 0 Å². The molecule has 0 aliphatic heterocycles. The zero-order valence-corrected chi connectivity index (χ0v) is 17.3. The third-order valence-electron chi connectivity index (χ3n) is 3.33. The van der Waals surface area contributed by atoms with Crippen LogP contribution >= 0.6 is 11.8 Å². The Labute approximate surface area is 176 Å². The van der Waals surface area contributed by atoms with E-state index in [9.17, 15) is 19.5 Å². The van der Waals surface area contributed by atoms with Crippen molar-refractivity contribution in [1.29, 1.82) is 0 Å².